The predicted molar refractivity (Wildman–Crippen MR) is 88.2 cm³/mol. The lowest BCUT2D eigenvalue weighted by Crippen LogP contribution is -2.45. The topological polar surface area (TPSA) is 82.7 Å². The summed E-state index contributed by atoms with van der Waals surface area (Å²) in [5.74, 6) is 0. The van der Waals surface area contributed by atoms with Crippen molar-refractivity contribution in [2.24, 2.45) is 0 Å². The number of hydrogen-bond acceptors (Lipinski definition) is 3. The predicted octanol–water partition coefficient (Wildman–Crippen LogP) is 2.34. The van der Waals surface area contributed by atoms with E-state index in [1.807, 2.05) is 33.0 Å². The Balaban J connectivity index is 1.58. The number of amides is 2. The minimum atomic E-state index is -0.129. The lowest BCUT2D eigenvalue weighted by atomic mass is 9.92. The van der Waals surface area contributed by atoms with Gasteiger partial charge in [-0.15, -0.1) is 0 Å². The molecule has 2 unspecified atom stereocenters. The molecule has 0 bridgehead atoms. The van der Waals surface area contributed by atoms with Crippen molar-refractivity contribution in [1.29, 1.82) is 0 Å². The van der Waals surface area contributed by atoms with Gasteiger partial charge in [0, 0.05) is 24.1 Å². The summed E-state index contributed by atoms with van der Waals surface area (Å²) in [7, 11) is 0. The number of nitrogens with one attached hydrogen (secondary N) is 3. The van der Waals surface area contributed by atoms with Gasteiger partial charge in [-0.05, 0) is 62.8 Å². The van der Waals surface area contributed by atoms with Gasteiger partial charge in [-0.3, -0.25) is 10.1 Å². The maximum atomic E-state index is 12.3. The van der Waals surface area contributed by atoms with Crippen molar-refractivity contribution in [3.05, 3.63) is 46.5 Å². The molecule has 6 nitrogen and oxygen atoms in total. The van der Waals surface area contributed by atoms with Crippen LogP contribution in [0.4, 0.5) is 4.79 Å². The van der Waals surface area contributed by atoms with Gasteiger partial charge in [-0.2, -0.15) is 5.10 Å². The van der Waals surface area contributed by atoms with Gasteiger partial charge in [0.15, 0.2) is 0 Å². The number of pyridine rings is 1. The Hall–Kier alpha value is -2.37. The monoisotopic (exact) mass is 313 g/mol. The molecule has 2 aromatic rings. The van der Waals surface area contributed by atoms with Crippen molar-refractivity contribution in [2.75, 3.05) is 0 Å². The minimum absolute atomic E-state index is 0.0708. The number of urea groups is 1. The maximum Gasteiger partial charge on any atom is 0.315 e. The normalized spacial score (nSPS) is 18.1. The zero-order valence-electron chi connectivity index (χ0n) is 13.8. The van der Waals surface area contributed by atoms with Crippen LogP contribution in [-0.2, 0) is 12.8 Å². The highest BCUT2D eigenvalue weighted by molar-refractivity contribution is 5.74. The molecule has 6 heteroatoms. The van der Waals surface area contributed by atoms with Crippen molar-refractivity contribution in [2.45, 2.75) is 52.1 Å². The highest BCUT2D eigenvalue weighted by Gasteiger charge is 2.24. The first-order chi connectivity index (χ1) is 11.0. The van der Waals surface area contributed by atoms with E-state index in [9.17, 15) is 4.79 Å². The summed E-state index contributed by atoms with van der Waals surface area (Å²) in [6.45, 7) is 6.03. The molecule has 23 heavy (non-hydrogen) atoms. The first-order valence-corrected chi connectivity index (χ1v) is 8.05. The number of rotatable bonds is 3. The van der Waals surface area contributed by atoms with Crippen LogP contribution in [-0.4, -0.2) is 27.3 Å². The van der Waals surface area contributed by atoms with Gasteiger partial charge in [-0.1, -0.05) is 0 Å². The standard InChI is InChI=1S/C17H23N5O/c1-10-6-7-18-9-15(10)11(2)19-17(23)20-13-4-5-16-14(8-13)12(3)21-22-16/h6-7,9,11,13H,4-5,8H2,1-3H3,(H,21,22)(H2,19,20,23). The summed E-state index contributed by atoms with van der Waals surface area (Å²) in [5.41, 5.74) is 5.66. The Morgan fingerprint density at radius 1 is 1.43 bits per heavy atom. The molecule has 0 saturated carbocycles. The van der Waals surface area contributed by atoms with E-state index in [0.29, 0.717) is 0 Å². The number of fused-ring (bicyclic) bond motifs is 1. The van der Waals surface area contributed by atoms with Crippen LogP contribution in [0.3, 0.4) is 0 Å². The van der Waals surface area contributed by atoms with Gasteiger partial charge in [0.05, 0.1) is 11.7 Å². The van der Waals surface area contributed by atoms with E-state index < -0.39 is 0 Å². The van der Waals surface area contributed by atoms with Gasteiger partial charge >= 0.3 is 6.03 Å². The number of nitrogens with zero attached hydrogens (tertiary/aromatic N) is 2. The first-order valence-electron chi connectivity index (χ1n) is 8.05. The Kier molecular flexibility index (Phi) is 4.32. The molecule has 0 radical (unpaired) electrons. The molecule has 0 aromatic carbocycles. The summed E-state index contributed by atoms with van der Waals surface area (Å²) in [6, 6.07) is 1.91. The van der Waals surface area contributed by atoms with Crippen molar-refractivity contribution < 1.29 is 4.79 Å². The molecule has 0 saturated heterocycles. The quantitative estimate of drug-likeness (QED) is 0.813. The summed E-state index contributed by atoms with van der Waals surface area (Å²) in [4.78, 5) is 16.4. The summed E-state index contributed by atoms with van der Waals surface area (Å²) < 4.78 is 0. The molecule has 2 aromatic heterocycles. The molecule has 1 aliphatic rings. The van der Waals surface area contributed by atoms with E-state index >= 15 is 0 Å². The minimum Gasteiger partial charge on any atom is -0.335 e. The highest BCUT2D eigenvalue weighted by Crippen LogP contribution is 2.22. The molecule has 0 fully saturated rings. The molecule has 2 atom stereocenters. The van der Waals surface area contributed by atoms with Crippen LogP contribution in [0.25, 0.3) is 0 Å². The molecule has 1 aliphatic carbocycles. The molecule has 0 spiro atoms. The number of aromatic amines is 1. The van der Waals surface area contributed by atoms with E-state index in [2.05, 4.69) is 25.8 Å². The lowest BCUT2D eigenvalue weighted by molar-refractivity contribution is 0.232. The third kappa shape index (κ3) is 3.36. The molecule has 122 valence electrons. The van der Waals surface area contributed by atoms with Crippen LogP contribution >= 0.6 is 0 Å². The average molecular weight is 313 g/mol. The number of H-pyrrole nitrogens is 1. The van der Waals surface area contributed by atoms with E-state index in [4.69, 9.17) is 0 Å². The number of aromatic nitrogens is 3. The second-order valence-electron chi connectivity index (χ2n) is 6.29. The van der Waals surface area contributed by atoms with Gasteiger partial charge in [0.1, 0.15) is 0 Å². The first kappa shape index (κ1) is 15.5. The smallest absolute Gasteiger partial charge is 0.315 e. The Labute approximate surface area is 136 Å². The van der Waals surface area contributed by atoms with Crippen LogP contribution in [0.2, 0.25) is 0 Å². The van der Waals surface area contributed by atoms with Crippen LogP contribution in [0, 0.1) is 13.8 Å². The summed E-state index contributed by atoms with van der Waals surface area (Å²) in [5, 5.41) is 13.4. The summed E-state index contributed by atoms with van der Waals surface area (Å²) in [6.07, 6.45) is 6.23. The van der Waals surface area contributed by atoms with E-state index in [1.165, 1.54) is 5.56 Å². The second-order valence-corrected chi connectivity index (χ2v) is 6.29. The van der Waals surface area contributed by atoms with Crippen LogP contribution in [0.5, 0.6) is 0 Å². The number of carbonyl (C=O) groups excluding carboxylic acids is 1. The van der Waals surface area contributed by atoms with Crippen molar-refractivity contribution in [3.63, 3.8) is 0 Å². The van der Waals surface area contributed by atoms with Crippen LogP contribution in [0.15, 0.2) is 18.5 Å². The largest absolute Gasteiger partial charge is 0.335 e. The van der Waals surface area contributed by atoms with Crippen molar-refractivity contribution in [1.82, 2.24) is 25.8 Å². The van der Waals surface area contributed by atoms with Crippen LogP contribution < -0.4 is 10.6 Å². The highest BCUT2D eigenvalue weighted by atomic mass is 16.2. The van der Waals surface area contributed by atoms with E-state index in [-0.39, 0.29) is 18.1 Å². The molecule has 0 aliphatic heterocycles. The Morgan fingerprint density at radius 3 is 3.04 bits per heavy atom. The number of aryl methyl sites for hydroxylation is 3. The molecular weight excluding hydrogens is 290 g/mol. The van der Waals surface area contributed by atoms with Gasteiger partial charge in [0.25, 0.3) is 0 Å². The SMILES string of the molecule is Cc1ccncc1C(C)NC(=O)NC1CCc2n[nH]c(C)c2C1. The number of hydrogen-bond donors (Lipinski definition) is 3. The molecule has 3 N–H and O–H groups in total. The number of carbonyl (C=O) groups is 1. The average Bonchev–Trinajstić information content (AvgIpc) is 2.88. The fourth-order valence-electron chi connectivity index (χ4n) is 3.19. The third-order valence-corrected chi connectivity index (χ3v) is 4.57. The van der Waals surface area contributed by atoms with E-state index in [1.54, 1.807) is 6.20 Å². The fraction of sp³-hybridized carbons (Fsp3) is 0.471. The zero-order chi connectivity index (χ0) is 16.4. The lowest BCUT2D eigenvalue weighted by Gasteiger charge is -2.24. The Morgan fingerprint density at radius 2 is 2.26 bits per heavy atom. The van der Waals surface area contributed by atoms with Crippen LogP contribution in [0.1, 0.15) is 47.5 Å². The van der Waals surface area contributed by atoms with E-state index in [0.717, 1.165) is 41.8 Å². The second kappa shape index (κ2) is 6.40. The fourth-order valence-corrected chi connectivity index (χ4v) is 3.19. The molecular formula is C17H23N5O. The molecule has 2 heterocycles. The zero-order valence-corrected chi connectivity index (χ0v) is 13.8. The Bertz CT molecular complexity index is 709. The van der Waals surface area contributed by atoms with Gasteiger partial charge in [-0.25, -0.2) is 4.79 Å². The molecule has 3 rings (SSSR count). The third-order valence-electron chi connectivity index (χ3n) is 4.57. The van der Waals surface area contributed by atoms with Gasteiger partial charge < -0.3 is 10.6 Å². The van der Waals surface area contributed by atoms with Crippen molar-refractivity contribution >= 4 is 6.03 Å². The summed E-state index contributed by atoms with van der Waals surface area (Å²) >= 11 is 0. The van der Waals surface area contributed by atoms with Gasteiger partial charge in [0.2, 0.25) is 0 Å². The molecule has 2 amide bonds. The maximum absolute atomic E-state index is 12.3. The van der Waals surface area contributed by atoms with Crippen molar-refractivity contribution in [3.8, 4) is 0 Å².